The molecule has 6 nitrogen and oxygen atoms in total. The van der Waals surface area contributed by atoms with Crippen LogP contribution >= 0.6 is 0 Å². The van der Waals surface area contributed by atoms with Crippen LogP contribution in [0.15, 0.2) is 60.7 Å². The topological polar surface area (TPSA) is 81.7 Å². The summed E-state index contributed by atoms with van der Waals surface area (Å²) < 4.78 is 26.6. The van der Waals surface area contributed by atoms with Crippen molar-refractivity contribution in [3.05, 3.63) is 83.4 Å². The Balaban J connectivity index is 1.45. The molecule has 164 valence electrons. The lowest BCUT2D eigenvalue weighted by Gasteiger charge is -2.18. The van der Waals surface area contributed by atoms with Gasteiger partial charge in [-0.05, 0) is 55.3 Å². The van der Waals surface area contributed by atoms with E-state index >= 15 is 0 Å². The molecule has 0 atom stereocenters. The van der Waals surface area contributed by atoms with Gasteiger partial charge in [-0.1, -0.05) is 6.07 Å². The third-order valence-corrected chi connectivity index (χ3v) is 5.20. The SMILES string of the molecule is O=C(Nc1ccc(C(=O)Nc2cccc(N3CCCC3)c2)c(O)c1)c1cc(F)cc(F)c1. The minimum Gasteiger partial charge on any atom is -0.507 e. The van der Waals surface area contributed by atoms with E-state index < -0.39 is 23.4 Å². The van der Waals surface area contributed by atoms with Crippen molar-refractivity contribution in [1.29, 1.82) is 0 Å². The molecule has 2 amide bonds. The number of phenols is 1. The molecule has 0 aliphatic carbocycles. The van der Waals surface area contributed by atoms with Gasteiger partial charge >= 0.3 is 0 Å². The van der Waals surface area contributed by atoms with E-state index in [9.17, 15) is 23.5 Å². The predicted molar refractivity (Wildman–Crippen MR) is 118 cm³/mol. The quantitative estimate of drug-likeness (QED) is 0.537. The number of carbonyl (C=O) groups excluding carboxylic acids is 2. The summed E-state index contributed by atoms with van der Waals surface area (Å²) in [5.74, 6) is -3.36. The summed E-state index contributed by atoms with van der Waals surface area (Å²) in [4.78, 5) is 27.1. The molecular formula is C24H21F2N3O3. The van der Waals surface area contributed by atoms with E-state index in [2.05, 4.69) is 15.5 Å². The van der Waals surface area contributed by atoms with Gasteiger partial charge in [-0.3, -0.25) is 9.59 Å². The van der Waals surface area contributed by atoms with Crippen LogP contribution in [-0.2, 0) is 0 Å². The second-order valence-corrected chi connectivity index (χ2v) is 7.54. The fraction of sp³-hybridized carbons (Fsp3) is 0.167. The molecule has 8 heteroatoms. The van der Waals surface area contributed by atoms with E-state index in [1.54, 1.807) is 6.07 Å². The summed E-state index contributed by atoms with van der Waals surface area (Å²) in [5.41, 5.74) is 1.61. The molecule has 0 radical (unpaired) electrons. The zero-order valence-corrected chi connectivity index (χ0v) is 17.1. The number of benzene rings is 3. The van der Waals surface area contributed by atoms with Gasteiger partial charge in [0.05, 0.1) is 5.56 Å². The molecule has 0 aromatic heterocycles. The molecule has 0 spiro atoms. The van der Waals surface area contributed by atoms with Crippen LogP contribution in [0.1, 0.15) is 33.6 Å². The summed E-state index contributed by atoms with van der Waals surface area (Å²) in [6.45, 7) is 1.96. The number of hydrogen-bond acceptors (Lipinski definition) is 4. The van der Waals surface area contributed by atoms with Crippen molar-refractivity contribution in [2.24, 2.45) is 0 Å². The second-order valence-electron chi connectivity index (χ2n) is 7.54. The number of rotatable bonds is 5. The van der Waals surface area contributed by atoms with Crippen molar-refractivity contribution < 1.29 is 23.5 Å². The first-order chi connectivity index (χ1) is 15.4. The lowest BCUT2D eigenvalue weighted by molar-refractivity contribution is 0.101. The zero-order chi connectivity index (χ0) is 22.7. The van der Waals surface area contributed by atoms with Crippen LogP contribution in [0.5, 0.6) is 5.75 Å². The first-order valence-electron chi connectivity index (χ1n) is 10.2. The standard InChI is InChI=1S/C24H21F2N3O3/c25-16-10-15(11-17(26)12-16)23(31)27-19-6-7-21(22(30)14-19)24(32)28-18-4-3-5-20(13-18)29-8-1-2-9-29/h3-7,10-14,30H,1-2,8-9H2,(H,27,31)(H,28,32). The van der Waals surface area contributed by atoms with E-state index in [1.165, 1.54) is 18.2 Å². The average Bonchev–Trinajstić information content (AvgIpc) is 3.28. The Kier molecular flexibility index (Phi) is 6.02. The Hall–Kier alpha value is -3.94. The summed E-state index contributed by atoms with van der Waals surface area (Å²) in [6.07, 6.45) is 2.28. The van der Waals surface area contributed by atoms with Gasteiger partial charge in [-0.15, -0.1) is 0 Å². The van der Waals surface area contributed by atoms with E-state index in [-0.39, 0.29) is 22.6 Å². The van der Waals surface area contributed by atoms with Crippen molar-refractivity contribution in [1.82, 2.24) is 0 Å². The number of phenolic OH excluding ortho intramolecular Hbond substituents is 1. The maximum atomic E-state index is 13.3. The molecule has 1 heterocycles. The number of halogens is 2. The lowest BCUT2D eigenvalue weighted by Crippen LogP contribution is -2.18. The summed E-state index contributed by atoms with van der Waals surface area (Å²) in [7, 11) is 0. The Morgan fingerprint density at radius 1 is 0.812 bits per heavy atom. The van der Waals surface area contributed by atoms with E-state index in [4.69, 9.17) is 0 Å². The Bertz CT molecular complexity index is 1160. The largest absolute Gasteiger partial charge is 0.507 e. The fourth-order valence-corrected chi connectivity index (χ4v) is 3.64. The highest BCUT2D eigenvalue weighted by atomic mass is 19.1. The number of hydrogen-bond donors (Lipinski definition) is 3. The van der Waals surface area contributed by atoms with Gasteiger partial charge in [0, 0.05) is 47.8 Å². The van der Waals surface area contributed by atoms with Crippen molar-refractivity contribution in [2.45, 2.75) is 12.8 Å². The van der Waals surface area contributed by atoms with Crippen molar-refractivity contribution >= 4 is 28.9 Å². The van der Waals surface area contributed by atoms with Crippen molar-refractivity contribution in [3.63, 3.8) is 0 Å². The Morgan fingerprint density at radius 2 is 1.47 bits per heavy atom. The first kappa shape index (κ1) is 21.3. The number of anilines is 3. The number of nitrogens with one attached hydrogen (secondary N) is 2. The third-order valence-electron chi connectivity index (χ3n) is 5.20. The van der Waals surface area contributed by atoms with Gasteiger partial charge in [0.2, 0.25) is 0 Å². The van der Waals surface area contributed by atoms with Gasteiger partial charge in [0.25, 0.3) is 11.8 Å². The van der Waals surface area contributed by atoms with Crippen LogP contribution in [0.25, 0.3) is 0 Å². The molecule has 3 aromatic rings. The highest BCUT2D eigenvalue weighted by Gasteiger charge is 2.16. The van der Waals surface area contributed by atoms with Crippen LogP contribution in [-0.4, -0.2) is 30.0 Å². The van der Waals surface area contributed by atoms with E-state index in [0.29, 0.717) is 11.8 Å². The van der Waals surface area contributed by atoms with Crippen LogP contribution < -0.4 is 15.5 Å². The molecule has 1 aliphatic heterocycles. The molecule has 3 aromatic carbocycles. The van der Waals surface area contributed by atoms with E-state index in [0.717, 1.165) is 43.8 Å². The molecule has 1 saturated heterocycles. The molecule has 1 aliphatic rings. The highest BCUT2D eigenvalue weighted by molar-refractivity contribution is 6.08. The minimum atomic E-state index is -0.876. The lowest BCUT2D eigenvalue weighted by atomic mass is 10.1. The van der Waals surface area contributed by atoms with Crippen molar-refractivity contribution in [2.75, 3.05) is 28.6 Å². The van der Waals surface area contributed by atoms with Gasteiger partial charge in [-0.25, -0.2) is 8.78 Å². The molecule has 0 unspecified atom stereocenters. The van der Waals surface area contributed by atoms with Crippen molar-refractivity contribution in [3.8, 4) is 5.75 Å². The molecule has 3 N–H and O–H groups in total. The molecular weight excluding hydrogens is 416 g/mol. The van der Waals surface area contributed by atoms with Crippen LogP contribution in [0.4, 0.5) is 25.8 Å². The molecule has 4 rings (SSSR count). The molecule has 1 fully saturated rings. The molecule has 32 heavy (non-hydrogen) atoms. The zero-order valence-electron chi connectivity index (χ0n) is 17.1. The molecule has 0 saturated carbocycles. The predicted octanol–water partition coefficient (Wildman–Crippen LogP) is 4.78. The van der Waals surface area contributed by atoms with Gasteiger partial charge in [0.15, 0.2) is 0 Å². The summed E-state index contributed by atoms with van der Waals surface area (Å²) in [6, 6.07) is 13.9. The number of carbonyl (C=O) groups is 2. The number of amides is 2. The average molecular weight is 437 g/mol. The summed E-state index contributed by atoms with van der Waals surface area (Å²) >= 11 is 0. The smallest absolute Gasteiger partial charge is 0.259 e. The normalized spacial score (nSPS) is 13.1. The molecule has 0 bridgehead atoms. The van der Waals surface area contributed by atoms with Gasteiger partial charge in [0.1, 0.15) is 17.4 Å². The fourth-order valence-electron chi connectivity index (χ4n) is 3.64. The number of nitrogens with zero attached hydrogens (tertiary/aromatic N) is 1. The van der Waals surface area contributed by atoms with E-state index in [1.807, 2.05) is 18.2 Å². The second kappa shape index (κ2) is 9.05. The Morgan fingerprint density at radius 3 is 2.16 bits per heavy atom. The third kappa shape index (κ3) is 4.85. The first-order valence-corrected chi connectivity index (χ1v) is 10.2. The maximum Gasteiger partial charge on any atom is 0.259 e. The minimum absolute atomic E-state index is 0.0198. The van der Waals surface area contributed by atoms with Gasteiger partial charge < -0.3 is 20.6 Å². The van der Waals surface area contributed by atoms with Crippen LogP contribution in [0, 0.1) is 11.6 Å². The Labute approximate surface area is 183 Å². The maximum absolute atomic E-state index is 13.3. The van der Waals surface area contributed by atoms with Gasteiger partial charge in [-0.2, -0.15) is 0 Å². The van der Waals surface area contributed by atoms with Crippen LogP contribution in [0.2, 0.25) is 0 Å². The monoisotopic (exact) mass is 437 g/mol. The highest BCUT2D eigenvalue weighted by Crippen LogP contribution is 2.26. The van der Waals surface area contributed by atoms with Crippen LogP contribution in [0.3, 0.4) is 0 Å². The summed E-state index contributed by atoms with van der Waals surface area (Å²) in [5, 5.41) is 15.5. The number of aromatic hydroxyl groups is 1.